The van der Waals surface area contributed by atoms with Gasteiger partial charge in [0.15, 0.2) is 5.65 Å². The number of hydrogen-bond donors (Lipinski definition) is 1. The van der Waals surface area contributed by atoms with E-state index in [1.54, 1.807) is 18.0 Å². The summed E-state index contributed by atoms with van der Waals surface area (Å²) in [7, 11) is 3.50. The summed E-state index contributed by atoms with van der Waals surface area (Å²) < 4.78 is 6.96. The minimum Gasteiger partial charge on any atom is -0.363 e. The Morgan fingerprint density at radius 2 is 2.32 bits per heavy atom. The molecule has 0 saturated heterocycles. The van der Waals surface area contributed by atoms with E-state index >= 15 is 0 Å². The van der Waals surface area contributed by atoms with Gasteiger partial charge in [-0.05, 0) is 24.4 Å². The molecule has 1 unspecified atom stereocenters. The molecule has 2 aromatic rings. The summed E-state index contributed by atoms with van der Waals surface area (Å²) in [5, 5.41) is 8.74. The molecule has 3 heterocycles. The van der Waals surface area contributed by atoms with Crippen molar-refractivity contribution in [3.8, 4) is 0 Å². The summed E-state index contributed by atoms with van der Waals surface area (Å²) >= 11 is 6.27. The molecule has 6 heteroatoms. The lowest BCUT2D eigenvalue weighted by atomic mass is 10.1. The largest absolute Gasteiger partial charge is 0.363 e. The maximum atomic E-state index is 6.27. The molecular weight excluding hydrogens is 264 g/mol. The average molecular weight is 277 g/mol. The zero-order valence-corrected chi connectivity index (χ0v) is 11.3. The number of fused-ring (bicyclic) bond motifs is 1. The van der Waals surface area contributed by atoms with Crippen molar-refractivity contribution in [2.24, 2.45) is 7.05 Å². The second-order valence-electron chi connectivity index (χ2n) is 4.27. The van der Waals surface area contributed by atoms with Gasteiger partial charge in [0.05, 0.1) is 22.3 Å². The highest BCUT2D eigenvalue weighted by atomic mass is 35.5. The Morgan fingerprint density at radius 3 is 3.11 bits per heavy atom. The number of hydrogen-bond acceptors (Lipinski definition) is 4. The van der Waals surface area contributed by atoms with E-state index in [-0.39, 0.29) is 6.23 Å². The van der Waals surface area contributed by atoms with Gasteiger partial charge in [-0.3, -0.25) is 4.68 Å². The number of aryl methyl sites for hydroxylation is 1. The smallest absolute Gasteiger partial charge is 0.159 e. The summed E-state index contributed by atoms with van der Waals surface area (Å²) in [6.45, 7) is 0. The van der Waals surface area contributed by atoms with Crippen molar-refractivity contribution in [3.63, 3.8) is 0 Å². The van der Waals surface area contributed by atoms with Gasteiger partial charge < -0.3 is 10.1 Å². The maximum Gasteiger partial charge on any atom is 0.159 e. The highest BCUT2D eigenvalue weighted by Gasteiger charge is 2.13. The third kappa shape index (κ3) is 2.11. The summed E-state index contributed by atoms with van der Waals surface area (Å²) in [6.07, 6.45) is 7.31. The third-order valence-corrected chi connectivity index (χ3v) is 3.37. The van der Waals surface area contributed by atoms with Crippen LogP contribution < -0.4 is 5.32 Å². The Bertz CT molecular complexity index is 689. The predicted molar refractivity (Wildman–Crippen MR) is 74.6 cm³/mol. The maximum absolute atomic E-state index is 6.27. The third-order valence-electron chi connectivity index (χ3n) is 3.06. The summed E-state index contributed by atoms with van der Waals surface area (Å²) in [6, 6.07) is 1.85. The lowest BCUT2D eigenvalue weighted by Crippen LogP contribution is -2.26. The molecule has 0 bridgehead atoms. The molecule has 0 radical (unpaired) electrons. The van der Waals surface area contributed by atoms with Crippen LogP contribution >= 0.6 is 11.6 Å². The van der Waals surface area contributed by atoms with Crippen LogP contribution in [0.5, 0.6) is 0 Å². The zero-order valence-electron chi connectivity index (χ0n) is 10.6. The van der Waals surface area contributed by atoms with Crippen molar-refractivity contribution in [2.75, 3.05) is 7.11 Å². The van der Waals surface area contributed by atoms with Crippen LogP contribution in [0.15, 0.2) is 30.6 Å². The highest BCUT2D eigenvalue weighted by molar-refractivity contribution is 6.35. The van der Waals surface area contributed by atoms with E-state index in [4.69, 9.17) is 16.3 Å². The van der Waals surface area contributed by atoms with Crippen LogP contribution in [0, 0.1) is 0 Å². The quantitative estimate of drug-likeness (QED) is 0.913. The minimum absolute atomic E-state index is 0.150. The van der Waals surface area contributed by atoms with Gasteiger partial charge in [0.25, 0.3) is 0 Å². The Hall–Kier alpha value is -1.85. The number of allylic oxidation sites excluding steroid dienone is 2. The van der Waals surface area contributed by atoms with Crippen molar-refractivity contribution in [2.45, 2.75) is 6.23 Å². The van der Waals surface area contributed by atoms with Gasteiger partial charge in [0, 0.05) is 19.7 Å². The van der Waals surface area contributed by atoms with E-state index < -0.39 is 0 Å². The molecule has 0 aliphatic carbocycles. The van der Waals surface area contributed by atoms with Gasteiger partial charge in [-0.25, -0.2) is 4.98 Å². The number of rotatable bonds is 2. The molecule has 0 amide bonds. The predicted octanol–water partition coefficient (Wildman–Crippen LogP) is 2.09. The topological polar surface area (TPSA) is 52.0 Å². The summed E-state index contributed by atoms with van der Waals surface area (Å²) in [5.41, 5.74) is 2.54. The molecule has 1 N–H and O–H groups in total. The van der Waals surface area contributed by atoms with Gasteiger partial charge >= 0.3 is 0 Å². The van der Waals surface area contributed by atoms with E-state index in [1.165, 1.54) is 0 Å². The van der Waals surface area contributed by atoms with Gasteiger partial charge in [0.1, 0.15) is 6.23 Å². The van der Waals surface area contributed by atoms with Crippen molar-refractivity contribution >= 4 is 28.2 Å². The van der Waals surface area contributed by atoms with Crippen molar-refractivity contribution < 1.29 is 4.74 Å². The van der Waals surface area contributed by atoms with Crippen molar-refractivity contribution in [3.05, 3.63) is 41.3 Å². The fourth-order valence-electron chi connectivity index (χ4n) is 2.03. The van der Waals surface area contributed by atoms with Crippen LogP contribution in [0.3, 0.4) is 0 Å². The first-order chi connectivity index (χ1) is 9.19. The van der Waals surface area contributed by atoms with Crippen LogP contribution in [-0.4, -0.2) is 28.1 Å². The first kappa shape index (κ1) is 12.2. The van der Waals surface area contributed by atoms with Crippen LogP contribution in [0.25, 0.3) is 16.6 Å². The standard InChI is InChI=1S/C13H13ClN4O/c1-18-13-9(7-16-18)10(14)6-11(17-13)8-3-4-15-12(5-8)19-2/h3-7,12,15H,1-2H3. The van der Waals surface area contributed by atoms with Gasteiger partial charge in [-0.15, -0.1) is 0 Å². The monoisotopic (exact) mass is 276 g/mol. The van der Waals surface area contributed by atoms with E-state index in [9.17, 15) is 0 Å². The second-order valence-corrected chi connectivity index (χ2v) is 4.68. The second kappa shape index (κ2) is 4.68. The van der Waals surface area contributed by atoms with Gasteiger partial charge in [0.2, 0.25) is 0 Å². The van der Waals surface area contributed by atoms with Gasteiger partial charge in [-0.1, -0.05) is 11.6 Å². The first-order valence-electron chi connectivity index (χ1n) is 5.85. The van der Waals surface area contributed by atoms with E-state index in [0.717, 1.165) is 22.3 Å². The average Bonchev–Trinajstić information content (AvgIpc) is 2.81. The first-order valence-corrected chi connectivity index (χ1v) is 6.22. The van der Waals surface area contributed by atoms with Crippen LogP contribution in [0.2, 0.25) is 5.02 Å². The molecule has 0 fully saturated rings. The molecule has 3 rings (SSSR count). The number of methoxy groups -OCH3 is 1. The van der Waals surface area contributed by atoms with E-state index in [1.807, 2.05) is 31.5 Å². The lowest BCUT2D eigenvalue weighted by Gasteiger charge is -2.17. The number of pyridine rings is 1. The molecule has 0 spiro atoms. The van der Waals surface area contributed by atoms with Crippen molar-refractivity contribution in [1.29, 1.82) is 0 Å². The fraction of sp³-hybridized carbons (Fsp3) is 0.231. The molecule has 1 aliphatic heterocycles. The Balaban J connectivity index is 2.12. The minimum atomic E-state index is -0.150. The van der Waals surface area contributed by atoms with Gasteiger partial charge in [-0.2, -0.15) is 5.10 Å². The molecule has 2 aromatic heterocycles. The van der Waals surface area contributed by atoms with Crippen LogP contribution in [0.4, 0.5) is 0 Å². The number of nitrogens with zero attached hydrogens (tertiary/aromatic N) is 3. The molecule has 1 atom stereocenters. The number of aromatic nitrogens is 3. The number of dihydropyridines is 1. The zero-order chi connectivity index (χ0) is 13.4. The molecule has 98 valence electrons. The molecule has 1 aliphatic rings. The molecule has 0 aromatic carbocycles. The van der Waals surface area contributed by atoms with Crippen LogP contribution in [-0.2, 0) is 11.8 Å². The normalized spacial score (nSPS) is 18.5. The Morgan fingerprint density at radius 1 is 1.47 bits per heavy atom. The molecular formula is C13H13ClN4O. The Labute approximate surface area is 115 Å². The molecule has 0 saturated carbocycles. The SMILES string of the molecule is COC1C=C(c2cc(Cl)c3cnn(C)c3n2)C=CN1. The molecule has 19 heavy (non-hydrogen) atoms. The summed E-state index contributed by atoms with van der Waals surface area (Å²) in [4.78, 5) is 4.60. The molecule has 5 nitrogen and oxygen atoms in total. The highest BCUT2D eigenvalue weighted by Crippen LogP contribution is 2.27. The van der Waals surface area contributed by atoms with E-state index in [0.29, 0.717) is 5.02 Å². The lowest BCUT2D eigenvalue weighted by molar-refractivity contribution is 0.124. The number of nitrogens with one attached hydrogen (secondary N) is 1. The fourth-order valence-corrected chi connectivity index (χ4v) is 2.27. The summed E-state index contributed by atoms with van der Waals surface area (Å²) in [5.74, 6) is 0. The Kier molecular flexibility index (Phi) is 3.00. The van der Waals surface area contributed by atoms with Crippen LogP contribution in [0.1, 0.15) is 5.69 Å². The van der Waals surface area contributed by atoms with Crippen molar-refractivity contribution in [1.82, 2.24) is 20.1 Å². The number of ether oxygens (including phenoxy) is 1. The van der Waals surface area contributed by atoms with E-state index in [2.05, 4.69) is 15.4 Å². The number of halogens is 1.